The van der Waals surface area contributed by atoms with E-state index in [0.29, 0.717) is 0 Å². The van der Waals surface area contributed by atoms with Gasteiger partial charge >= 0.3 is 0 Å². The average molecular weight is 345 g/mol. The van der Waals surface area contributed by atoms with Crippen molar-refractivity contribution in [2.24, 2.45) is 0 Å². The first-order valence-corrected chi connectivity index (χ1v) is 7.12. The van der Waals surface area contributed by atoms with E-state index < -0.39 is 40.8 Å². The Morgan fingerprint density at radius 1 is 0.840 bits per heavy atom. The second kappa shape index (κ2) is 8.47. The maximum absolute atomic E-state index is 14.1. The van der Waals surface area contributed by atoms with Gasteiger partial charge in [0.25, 0.3) is 0 Å². The summed E-state index contributed by atoms with van der Waals surface area (Å²) in [6.07, 6.45) is -0.843. The molecule has 0 spiro atoms. The Balaban J connectivity index is 0.00000151. The fraction of sp³-hybridized carbons (Fsp3) is 0.167. The Bertz CT molecular complexity index is 902. The van der Waals surface area contributed by atoms with Crippen LogP contribution in [0.4, 0.5) is 17.6 Å². The predicted octanol–water partition coefficient (Wildman–Crippen LogP) is 4.75. The minimum Gasteiger partial charge on any atom is -0.203 e. The van der Waals surface area contributed by atoms with Crippen molar-refractivity contribution in [2.75, 3.05) is 0 Å². The second-order valence-electron chi connectivity index (χ2n) is 4.43. The number of rotatable bonds is 2. The van der Waals surface area contributed by atoms with Gasteiger partial charge in [0.15, 0.2) is 23.3 Å². The van der Waals surface area contributed by atoms with Gasteiger partial charge in [-0.25, -0.2) is 17.6 Å². The molecule has 2 aromatic carbocycles. The molecule has 7 heteroatoms. The van der Waals surface area contributed by atoms with Crippen LogP contribution < -0.4 is 0 Å². The number of nitrogens with zero attached hydrogens (tertiary/aromatic N) is 3. The smallest absolute Gasteiger partial charge is 0.170 e. The first-order valence-electron chi connectivity index (χ1n) is 7.12. The van der Waals surface area contributed by atoms with Gasteiger partial charge in [0.1, 0.15) is 0 Å². The van der Waals surface area contributed by atoms with Gasteiger partial charge in [0, 0.05) is 11.1 Å². The summed E-state index contributed by atoms with van der Waals surface area (Å²) in [7, 11) is 0. The maximum atomic E-state index is 14.1. The highest BCUT2D eigenvalue weighted by atomic mass is 19.2. The van der Waals surface area contributed by atoms with E-state index >= 15 is 0 Å². The lowest BCUT2D eigenvalue weighted by Crippen LogP contribution is -2.06. The first-order chi connectivity index (χ1) is 12.0. The van der Waals surface area contributed by atoms with Crippen molar-refractivity contribution >= 4 is 0 Å². The third-order valence-electron chi connectivity index (χ3n) is 3.15. The summed E-state index contributed by atoms with van der Waals surface area (Å²) in [5.74, 6) is -6.77. The molecule has 3 nitrogen and oxygen atoms in total. The maximum Gasteiger partial charge on any atom is 0.170 e. The van der Waals surface area contributed by atoms with Crippen LogP contribution in [-0.2, 0) is 6.42 Å². The molecule has 0 bridgehead atoms. The van der Waals surface area contributed by atoms with Crippen molar-refractivity contribution in [3.63, 3.8) is 0 Å². The van der Waals surface area contributed by atoms with Crippen LogP contribution in [-0.4, -0.2) is 0 Å². The molecular weight excluding hydrogens is 334 g/mol. The largest absolute Gasteiger partial charge is 0.203 e. The van der Waals surface area contributed by atoms with Crippen molar-refractivity contribution in [1.82, 2.24) is 0 Å². The van der Waals surface area contributed by atoms with Crippen LogP contribution in [0, 0.1) is 57.3 Å². The van der Waals surface area contributed by atoms with Crippen LogP contribution in [0.15, 0.2) is 18.2 Å². The van der Waals surface area contributed by atoms with E-state index in [4.69, 9.17) is 15.8 Å². The fourth-order valence-electron chi connectivity index (χ4n) is 2.07. The molecule has 25 heavy (non-hydrogen) atoms. The van der Waals surface area contributed by atoms with Gasteiger partial charge in [0.2, 0.25) is 0 Å². The Kier molecular flexibility index (Phi) is 6.67. The molecule has 0 heterocycles. The van der Waals surface area contributed by atoms with Crippen LogP contribution in [0.1, 0.15) is 30.5 Å². The van der Waals surface area contributed by atoms with E-state index in [-0.39, 0.29) is 16.7 Å². The molecule has 0 atom stereocenters. The van der Waals surface area contributed by atoms with Gasteiger partial charge < -0.3 is 0 Å². The van der Waals surface area contributed by atoms with Crippen LogP contribution in [0.2, 0.25) is 0 Å². The quantitative estimate of drug-likeness (QED) is 0.583. The first kappa shape index (κ1) is 19.7. The number of halogens is 4. The van der Waals surface area contributed by atoms with E-state index in [0.717, 1.165) is 18.2 Å². The summed E-state index contributed by atoms with van der Waals surface area (Å²) in [5.41, 5.74) is -2.72. The molecule has 0 aliphatic rings. The Labute approximate surface area is 142 Å². The van der Waals surface area contributed by atoms with E-state index in [1.165, 1.54) is 6.07 Å². The molecule has 2 rings (SSSR count). The zero-order valence-corrected chi connectivity index (χ0v) is 13.3. The normalized spacial score (nSPS) is 9.24. The minimum absolute atomic E-state index is 0.0492. The van der Waals surface area contributed by atoms with Crippen molar-refractivity contribution in [3.8, 4) is 29.3 Å². The Hall–Kier alpha value is -3.37. The molecule has 0 aromatic heterocycles. The monoisotopic (exact) mass is 345 g/mol. The molecule has 0 unspecified atom stereocenters. The molecule has 126 valence electrons. The van der Waals surface area contributed by atoms with Crippen molar-refractivity contribution < 1.29 is 17.6 Å². The number of benzene rings is 2. The highest BCUT2D eigenvalue weighted by Crippen LogP contribution is 2.34. The standard InChI is InChI=1S/C16H5F4N3.C2H6/c17-13-11(3-4-21)14(18)16(20)12(15(13)19)10-2-1-8(6-22)5-9(10)7-23;1-2/h1-2,5H,3H2;1-2H3. The van der Waals surface area contributed by atoms with E-state index in [1.807, 2.05) is 13.8 Å². The molecule has 0 radical (unpaired) electrons. The number of hydrogen-bond acceptors (Lipinski definition) is 3. The number of nitriles is 3. The molecule has 0 amide bonds. The zero-order valence-electron chi connectivity index (χ0n) is 13.3. The molecular formula is C18H11F4N3. The van der Waals surface area contributed by atoms with Crippen molar-refractivity contribution in [2.45, 2.75) is 20.3 Å². The van der Waals surface area contributed by atoms with Gasteiger partial charge in [0.05, 0.1) is 41.3 Å². The van der Waals surface area contributed by atoms with E-state index in [9.17, 15) is 17.6 Å². The highest BCUT2D eigenvalue weighted by Gasteiger charge is 2.27. The third-order valence-corrected chi connectivity index (χ3v) is 3.15. The van der Waals surface area contributed by atoms with E-state index in [2.05, 4.69) is 0 Å². The summed E-state index contributed by atoms with van der Waals surface area (Å²) in [4.78, 5) is 0. The summed E-state index contributed by atoms with van der Waals surface area (Å²) in [5, 5.41) is 26.3. The fourth-order valence-corrected chi connectivity index (χ4v) is 2.07. The van der Waals surface area contributed by atoms with Gasteiger partial charge in [-0.1, -0.05) is 19.9 Å². The lowest BCUT2D eigenvalue weighted by atomic mass is 9.95. The second-order valence-corrected chi connectivity index (χ2v) is 4.43. The summed E-state index contributed by atoms with van der Waals surface area (Å²) < 4.78 is 56.1. The Morgan fingerprint density at radius 3 is 1.84 bits per heavy atom. The predicted molar refractivity (Wildman–Crippen MR) is 81.8 cm³/mol. The molecule has 2 aromatic rings. The zero-order chi connectivity index (χ0) is 19.1. The molecule has 0 fully saturated rings. The van der Waals surface area contributed by atoms with Crippen LogP contribution >= 0.6 is 0 Å². The third kappa shape index (κ3) is 3.59. The van der Waals surface area contributed by atoms with Gasteiger partial charge in [-0.05, 0) is 12.1 Å². The van der Waals surface area contributed by atoms with Gasteiger partial charge in [-0.15, -0.1) is 0 Å². The van der Waals surface area contributed by atoms with Crippen molar-refractivity contribution in [3.05, 3.63) is 58.2 Å². The molecule has 0 saturated heterocycles. The average Bonchev–Trinajstić information content (AvgIpc) is 2.65. The topological polar surface area (TPSA) is 71.4 Å². The van der Waals surface area contributed by atoms with Gasteiger partial charge in [-0.3, -0.25) is 0 Å². The highest BCUT2D eigenvalue weighted by molar-refractivity contribution is 5.73. The minimum atomic E-state index is -1.70. The van der Waals surface area contributed by atoms with Crippen molar-refractivity contribution in [1.29, 1.82) is 15.8 Å². The molecule has 0 aliphatic heterocycles. The Morgan fingerprint density at radius 2 is 1.40 bits per heavy atom. The summed E-state index contributed by atoms with van der Waals surface area (Å²) in [6, 6.07) is 8.01. The van der Waals surface area contributed by atoms with Crippen LogP contribution in [0.3, 0.4) is 0 Å². The van der Waals surface area contributed by atoms with E-state index in [1.54, 1.807) is 12.1 Å². The SMILES string of the molecule is CC.N#CCc1c(F)c(F)c(-c2ccc(C#N)cc2C#N)c(F)c1F. The van der Waals surface area contributed by atoms with Crippen LogP contribution in [0.5, 0.6) is 0 Å². The van der Waals surface area contributed by atoms with Gasteiger partial charge in [-0.2, -0.15) is 15.8 Å². The molecule has 0 aliphatic carbocycles. The lowest BCUT2D eigenvalue weighted by Gasteiger charge is -2.12. The summed E-state index contributed by atoms with van der Waals surface area (Å²) >= 11 is 0. The lowest BCUT2D eigenvalue weighted by molar-refractivity contribution is 0.447. The molecule has 0 N–H and O–H groups in total. The summed E-state index contributed by atoms with van der Waals surface area (Å²) in [6.45, 7) is 4.00. The molecule has 0 saturated carbocycles. The number of hydrogen-bond donors (Lipinski definition) is 0. The van der Waals surface area contributed by atoms with Crippen LogP contribution in [0.25, 0.3) is 11.1 Å².